The minimum absolute atomic E-state index is 0.180. The number of aliphatic hydroxyl groups is 1. The Hall–Kier alpha value is -2.53. The van der Waals surface area contributed by atoms with E-state index >= 15 is 0 Å². The molecule has 0 fully saturated rings. The van der Waals surface area contributed by atoms with E-state index in [9.17, 15) is 5.11 Å². The molecule has 0 spiro atoms. The normalized spacial score (nSPS) is 12.8. The number of anilines is 1. The molecule has 0 heterocycles. The smallest absolute Gasteiger partial charge is 0.193 e. The van der Waals surface area contributed by atoms with Crippen LogP contribution in [0.5, 0.6) is 11.5 Å². The third-order valence-corrected chi connectivity index (χ3v) is 3.95. The Morgan fingerprint density at radius 2 is 1.85 bits per heavy atom. The lowest BCUT2D eigenvalue weighted by atomic mass is 9.94. The molecular weight excluding hydrogens is 326 g/mol. The van der Waals surface area contributed by atoms with Gasteiger partial charge in [0.05, 0.1) is 0 Å². The van der Waals surface area contributed by atoms with Gasteiger partial charge in [0.2, 0.25) is 0 Å². The summed E-state index contributed by atoms with van der Waals surface area (Å²) < 4.78 is 5.83. The first-order chi connectivity index (χ1) is 12.6. The largest absolute Gasteiger partial charge is 0.457 e. The Bertz CT molecular complexity index is 687. The summed E-state index contributed by atoms with van der Waals surface area (Å²) in [4.78, 5) is 4.44. The summed E-state index contributed by atoms with van der Waals surface area (Å²) in [7, 11) is 0. The van der Waals surface area contributed by atoms with Gasteiger partial charge >= 0.3 is 0 Å². The van der Waals surface area contributed by atoms with Gasteiger partial charge in [0.25, 0.3) is 0 Å². The average Bonchev–Trinajstić information content (AvgIpc) is 2.61. The maximum atomic E-state index is 9.19. The standard InChI is InChI=1S/C21H29N3O2/c1-16(2)13-17(11-12-25)15-23-21(22)24-18-7-6-10-20(14-18)26-19-8-4-3-5-9-19/h3-10,14,16-17,25H,11-13,15H2,1-2H3,(H3,22,23,24). The number of nitrogens with two attached hydrogens (primary N) is 1. The summed E-state index contributed by atoms with van der Waals surface area (Å²) in [5, 5.41) is 12.3. The van der Waals surface area contributed by atoms with Crippen molar-refractivity contribution < 1.29 is 9.84 Å². The second-order valence-electron chi connectivity index (χ2n) is 6.80. The molecule has 2 aromatic rings. The minimum atomic E-state index is 0.180. The van der Waals surface area contributed by atoms with Gasteiger partial charge in [-0.1, -0.05) is 38.1 Å². The molecule has 0 aliphatic rings. The summed E-state index contributed by atoms with van der Waals surface area (Å²) in [6.07, 6.45) is 1.77. The molecular formula is C21H29N3O2. The van der Waals surface area contributed by atoms with E-state index in [1.54, 1.807) is 0 Å². The van der Waals surface area contributed by atoms with Gasteiger partial charge < -0.3 is 20.9 Å². The highest BCUT2D eigenvalue weighted by molar-refractivity contribution is 5.92. The summed E-state index contributed by atoms with van der Waals surface area (Å²) in [6, 6.07) is 17.2. The van der Waals surface area contributed by atoms with Gasteiger partial charge in [-0.05, 0) is 48.9 Å². The number of hydrogen-bond acceptors (Lipinski definition) is 3. The molecule has 0 aliphatic carbocycles. The van der Waals surface area contributed by atoms with Gasteiger partial charge in [-0.2, -0.15) is 0 Å². The summed E-state index contributed by atoms with van der Waals surface area (Å²) in [5.74, 6) is 2.79. The zero-order valence-corrected chi connectivity index (χ0v) is 15.6. The second-order valence-corrected chi connectivity index (χ2v) is 6.80. The highest BCUT2D eigenvalue weighted by Crippen LogP contribution is 2.23. The first-order valence-corrected chi connectivity index (χ1v) is 9.07. The molecule has 0 aromatic heterocycles. The van der Waals surface area contributed by atoms with Crippen molar-refractivity contribution in [2.24, 2.45) is 22.6 Å². The average molecular weight is 355 g/mol. The molecule has 2 rings (SSSR count). The van der Waals surface area contributed by atoms with Gasteiger partial charge in [-0.3, -0.25) is 4.99 Å². The van der Waals surface area contributed by atoms with Crippen molar-refractivity contribution in [1.82, 2.24) is 0 Å². The van der Waals surface area contributed by atoms with Gasteiger partial charge in [0.1, 0.15) is 11.5 Å². The second kappa shape index (κ2) is 10.5. The van der Waals surface area contributed by atoms with Crippen LogP contribution >= 0.6 is 0 Å². The quantitative estimate of drug-likeness (QED) is 0.464. The minimum Gasteiger partial charge on any atom is -0.457 e. The molecule has 0 bridgehead atoms. The van der Waals surface area contributed by atoms with E-state index in [1.165, 1.54) is 0 Å². The predicted octanol–water partition coefficient (Wildman–Crippen LogP) is 4.25. The Kier molecular flexibility index (Phi) is 7.96. The van der Waals surface area contributed by atoms with E-state index in [0.717, 1.165) is 30.0 Å². The fourth-order valence-electron chi connectivity index (χ4n) is 2.81. The van der Waals surface area contributed by atoms with Crippen LogP contribution in [0.25, 0.3) is 0 Å². The monoisotopic (exact) mass is 355 g/mol. The van der Waals surface area contributed by atoms with E-state index in [-0.39, 0.29) is 6.61 Å². The van der Waals surface area contributed by atoms with Crippen LogP contribution in [-0.4, -0.2) is 24.2 Å². The third kappa shape index (κ3) is 7.15. The first-order valence-electron chi connectivity index (χ1n) is 9.07. The van der Waals surface area contributed by atoms with E-state index in [2.05, 4.69) is 24.2 Å². The Balaban J connectivity index is 1.95. The SMILES string of the molecule is CC(C)CC(CCO)CN=C(N)Nc1cccc(Oc2ccccc2)c1. The topological polar surface area (TPSA) is 79.9 Å². The Morgan fingerprint density at radius 3 is 2.54 bits per heavy atom. The van der Waals surface area contributed by atoms with Crippen LogP contribution in [0.15, 0.2) is 59.6 Å². The summed E-state index contributed by atoms with van der Waals surface area (Å²) in [5.41, 5.74) is 6.84. The van der Waals surface area contributed by atoms with E-state index in [4.69, 9.17) is 10.5 Å². The molecule has 0 saturated carbocycles. The maximum absolute atomic E-state index is 9.19. The van der Waals surface area contributed by atoms with Crippen LogP contribution in [-0.2, 0) is 0 Å². The number of benzene rings is 2. The fraction of sp³-hybridized carbons (Fsp3) is 0.381. The highest BCUT2D eigenvalue weighted by Gasteiger charge is 2.10. The van der Waals surface area contributed by atoms with Crippen molar-refractivity contribution >= 4 is 11.6 Å². The molecule has 140 valence electrons. The molecule has 0 amide bonds. The van der Waals surface area contributed by atoms with Crippen LogP contribution in [0.1, 0.15) is 26.7 Å². The lowest BCUT2D eigenvalue weighted by Crippen LogP contribution is -2.24. The van der Waals surface area contributed by atoms with Gasteiger partial charge in [0.15, 0.2) is 5.96 Å². The van der Waals surface area contributed by atoms with Gasteiger partial charge in [-0.25, -0.2) is 0 Å². The molecule has 0 aliphatic heterocycles. The van der Waals surface area contributed by atoms with Gasteiger partial charge in [-0.15, -0.1) is 0 Å². The van der Waals surface area contributed by atoms with Crippen molar-refractivity contribution in [1.29, 1.82) is 0 Å². The molecule has 1 atom stereocenters. The number of rotatable bonds is 9. The van der Waals surface area contributed by atoms with Crippen molar-refractivity contribution in [3.63, 3.8) is 0 Å². The van der Waals surface area contributed by atoms with Crippen molar-refractivity contribution in [3.05, 3.63) is 54.6 Å². The van der Waals surface area contributed by atoms with Crippen molar-refractivity contribution in [2.75, 3.05) is 18.5 Å². The molecule has 26 heavy (non-hydrogen) atoms. The van der Waals surface area contributed by atoms with E-state index < -0.39 is 0 Å². The Morgan fingerprint density at radius 1 is 1.12 bits per heavy atom. The summed E-state index contributed by atoms with van der Waals surface area (Å²) >= 11 is 0. The number of para-hydroxylation sites is 1. The molecule has 1 unspecified atom stereocenters. The molecule has 5 nitrogen and oxygen atoms in total. The van der Waals surface area contributed by atoms with Crippen LogP contribution in [0.2, 0.25) is 0 Å². The lowest BCUT2D eigenvalue weighted by Gasteiger charge is -2.16. The number of guanidine groups is 1. The van der Waals surface area contributed by atoms with Gasteiger partial charge in [0, 0.05) is 24.9 Å². The van der Waals surface area contributed by atoms with Crippen LogP contribution < -0.4 is 15.8 Å². The first kappa shape index (κ1) is 19.8. The number of nitrogens with zero attached hydrogens (tertiary/aromatic N) is 1. The number of aliphatic imine (C=N–C) groups is 1. The lowest BCUT2D eigenvalue weighted by molar-refractivity contribution is 0.246. The van der Waals surface area contributed by atoms with E-state index in [0.29, 0.717) is 24.3 Å². The number of ether oxygens (including phenoxy) is 1. The zero-order chi connectivity index (χ0) is 18.8. The van der Waals surface area contributed by atoms with Crippen molar-refractivity contribution in [2.45, 2.75) is 26.7 Å². The molecule has 0 saturated heterocycles. The Labute approximate surface area is 155 Å². The third-order valence-electron chi connectivity index (χ3n) is 3.95. The van der Waals surface area contributed by atoms with Crippen LogP contribution in [0.3, 0.4) is 0 Å². The number of aliphatic hydroxyl groups excluding tert-OH is 1. The van der Waals surface area contributed by atoms with Crippen LogP contribution in [0, 0.1) is 11.8 Å². The van der Waals surface area contributed by atoms with Crippen LogP contribution in [0.4, 0.5) is 5.69 Å². The molecule has 0 radical (unpaired) electrons. The fourth-order valence-corrected chi connectivity index (χ4v) is 2.81. The number of nitrogens with one attached hydrogen (secondary N) is 1. The van der Waals surface area contributed by atoms with Crippen molar-refractivity contribution in [3.8, 4) is 11.5 Å². The molecule has 5 heteroatoms. The maximum Gasteiger partial charge on any atom is 0.193 e. The highest BCUT2D eigenvalue weighted by atomic mass is 16.5. The molecule has 4 N–H and O–H groups in total. The number of hydrogen-bond donors (Lipinski definition) is 3. The summed E-state index contributed by atoms with van der Waals surface area (Å²) in [6.45, 7) is 5.14. The zero-order valence-electron chi connectivity index (χ0n) is 15.6. The predicted molar refractivity (Wildman–Crippen MR) is 108 cm³/mol. The molecule has 2 aromatic carbocycles. The van der Waals surface area contributed by atoms with E-state index in [1.807, 2.05) is 54.6 Å².